The van der Waals surface area contributed by atoms with Crippen molar-refractivity contribution < 1.29 is 4.79 Å². The minimum Gasteiger partial charge on any atom is -0.366 e. The molecule has 0 atom stereocenters. The van der Waals surface area contributed by atoms with E-state index < -0.39 is 5.91 Å². The lowest BCUT2D eigenvalue weighted by atomic mass is 10.2. The average molecular weight is 223 g/mol. The van der Waals surface area contributed by atoms with Crippen LogP contribution >= 0.6 is 0 Å². The van der Waals surface area contributed by atoms with E-state index in [1.807, 2.05) is 6.07 Å². The van der Waals surface area contributed by atoms with Crippen molar-refractivity contribution in [1.82, 2.24) is 9.97 Å². The largest absolute Gasteiger partial charge is 0.366 e. The molecule has 0 saturated heterocycles. The Bertz CT molecular complexity index is 597. The predicted molar refractivity (Wildman–Crippen MR) is 63.0 cm³/mol. The van der Waals surface area contributed by atoms with Gasteiger partial charge in [0.15, 0.2) is 0 Å². The molecule has 0 fully saturated rings. The van der Waals surface area contributed by atoms with Crippen LogP contribution in [0.1, 0.15) is 21.6 Å². The van der Waals surface area contributed by atoms with Crippen LogP contribution in [-0.2, 0) is 0 Å². The fourth-order valence-corrected chi connectivity index (χ4v) is 1.27. The lowest BCUT2D eigenvalue weighted by molar-refractivity contribution is 0.0999. The Balaban J connectivity index is 2.38. The lowest BCUT2D eigenvalue weighted by Gasteiger charge is -1.96. The summed E-state index contributed by atoms with van der Waals surface area (Å²) in [6.45, 7) is 0. The molecular formula is C13H9N3O. The fraction of sp³-hybridized carbons (Fsp3) is 0. The van der Waals surface area contributed by atoms with E-state index in [0.29, 0.717) is 11.3 Å². The molecule has 82 valence electrons. The molecular weight excluding hydrogens is 214 g/mol. The van der Waals surface area contributed by atoms with Gasteiger partial charge < -0.3 is 5.73 Å². The third-order valence-corrected chi connectivity index (χ3v) is 2.06. The summed E-state index contributed by atoms with van der Waals surface area (Å²) in [6.07, 6.45) is 4.88. The number of primary amides is 1. The van der Waals surface area contributed by atoms with Gasteiger partial charge in [0.1, 0.15) is 5.69 Å². The van der Waals surface area contributed by atoms with Crippen molar-refractivity contribution in [3.63, 3.8) is 0 Å². The first-order chi connectivity index (χ1) is 8.27. The molecule has 0 aliphatic heterocycles. The maximum atomic E-state index is 11.1. The number of carbonyl (C=O) groups is 1. The Morgan fingerprint density at radius 2 is 2.00 bits per heavy atom. The Labute approximate surface area is 98.5 Å². The van der Waals surface area contributed by atoms with Crippen LogP contribution in [0.4, 0.5) is 0 Å². The fourth-order valence-electron chi connectivity index (χ4n) is 1.27. The molecule has 4 nitrogen and oxygen atoms in total. The van der Waals surface area contributed by atoms with Gasteiger partial charge in [0.25, 0.3) is 5.91 Å². The highest BCUT2D eigenvalue weighted by molar-refractivity contribution is 5.94. The molecule has 4 heteroatoms. The molecule has 2 aromatic heterocycles. The summed E-state index contributed by atoms with van der Waals surface area (Å²) in [5.41, 5.74) is 6.68. The van der Waals surface area contributed by atoms with Crippen LogP contribution in [0.2, 0.25) is 0 Å². The van der Waals surface area contributed by atoms with Gasteiger partial charge in [-0.1, -0.05) is 5.92 Å². The third-order valence-electron chi connectivity index (χ3n) is 2.06. The Kier molecular flexibility index (Phi) is 3.13. The van der Waals surface area contributed by atoms with E-state index in [4.69, 9.17) is 5.73 Å². The summed E-state index contributed by atoms with van der Waals surface area (Å²) in [5, 5.41) is 0. The molecule has 0 bridgehead atoms. The van der Waals surface area contributed by atoms with E-state index in [2.05, 4.69) is 21.8 Å². The molecule has 0 spiro atoms. The summed E-state index contributed by atoms with van der Waals surface area (Å²) in [6, 6.07) is 6.86. The Morgan fingerprint density at radius 3 is 2.71 bits per heavy atom. The second kappa shape index (κ2) is 4.90. The monoisotopic (exact) mass is 223 g/mol. The van der Waals surface area contributed by atoms with Crippen LogP contribution in [0.5, 0.6) is 0 Å². The summed E-state index contributed by atoms with van der Waals surface area (Å²) in [4.78, 5) is 19.1. The molecule has 2 N–H and O–H groups in total. The lowest BCUT2D eigenvalue weighted by Crippen LogP contribution is -2.13. The zero-order chi connectivity index (χ0) is 12.1. The van der Waals surface area contributed by atoms with Gasteiger partial charge in [-0.3, -0.25) is 9.78 Å². The van der Waals surface area contributed by atoms with E-state index in [-0.39, 0.29) is 0 Å². The van der Waals surface area contributed by atoms with Crippen molar-refractivity contribution in [2.24, 2.45) is 5.73 Å². The van der Waals surface area contributed by atoms with Gasteiger partial charge in [0.05, 0.1) is 5.56 Å². The zero-order valence-electron chi connectivity index (χ0n) is 8.92. The number of amides is 1. The van der Waals surface area contributed by atoms with Gasteiger partial charge in [-0.25, -0.2) is 4.98 Å². The van der Waals surface area contributed by atoms with Gasteiger partial charge in [0, 0.05) is 24.2 Å². The topological polar surface area (TPSA) is 68.9 Å². The average Bonchev–Trinajstić information content (AvgIpc) is 2.38. The first-order valence-electron chi connectivity index (χ1n) is 4.94. The Morgan fingerprint density at radius 1 is 1.18 bits per heavy atom. The minimum absolute atomic E-state index is 0.323. The first kappa shape index (κ1) is 10.8. The van der Waals surface area contributed by atoms with Gasteiger partial charge in [-0.15, -0.1) is 0 Å². The molecule has 0 saturated carbocycles. The number of nitrogens with two attached hydrogens (primary N) is 1. The summed E-state index contributed by atoms with van der Waals surface area (Å²) >= 11 is 0. The van der Waals surface area contributed by atoms with Gasteiger partial charge in [-0.2, -0.15) is 0 Å². The molecule has 0 aliphatic carbocycles. The van der Waals surface area contributed by atoms with Crippen molar-refractivity contribution >= 4 is 5.91 Å². The molecule has 1 amide bonds. The number of pyridine rings is 2. The van der Waals surface area contributed by atoms with Crippen molar-refractivity contribution in [3.8, 4) is 11.8 Å². The second-order valence-electron chi connectivity index (χ2n) is 3.26. The van der Waals surface area contributed by atoms with Gasteiger partial charge in [0.2, 0.25) is 0 Å². The maximum Gasteiger partial charge on any atom is 0.251 e. The highest BCUT2D eigenvalue weighted by atomic mass is 16.1. The van der Waals surface area contributed by atoms with E-state index in [0.717, 1.165) is 5.56 Å². The van der Waals surface area contributed by atoms with Crippen LogP contribution in [-0.4, -0.2) is 15.9 Å². The summed E-state index contributed by atoms with van der Waals surface area (Å²) in [5.74, 6) is 5.15. The minimum atomic E-state index is -0.534. The molecule has 17 heavy (non-hydrogen) atoms. The summed E-state index contributed by atoms with van der Waals surface area (Å²) < 4.78 is 0. The molecule has 0 aliphatic rings. The molecule has 0 unspecified atom stereocenters. The third kappa shape index (κ3) is 2.67. The van der Waals surface area contributed by atoms with Crippen molar-refractivity contribution in [2.45, 2.75) is 0 Å². The van der Waals surface area contributed by atoms with E-state index in [9.17, 15) is 4.79 Å². The van der Waals surface area contributed by atoms with Crippen LogP contribution in [0, 0.1) is 11.8 Å². The summed E-state index contributed by atoms with van der Waals surface area (Å²) in [7, 11) is 0. The number of aromatic nitrogens is 2. The smallest absolute Gasteiger partial charge is 0.251 e. The number of rotatable bonds is 1. The quantitative estimate of drug-likeness (QED) is 0.732. The molecule has 0 radical (unpaired) electrons. The van der Waals surface area contributed by atoms with E-state index in [1.54, 1.807) is 36.8 Å². The van der Waals surface area contributed by atoms with Gasteiger partial charge in [-0.05, 0) is 30.2 Å². The normalized spacial score (nSPS) is 9.18. The highest BCUT2D eigenvalue weighted by Gasteiger charge is 2.05. The molecule has 2 heterocycles. The SMILES string of the molecule is NC(=O)c1cccnc1C#Cc1cccnc1. The van der Waals surface area contributed by atoms with Crippen molar-refractivity contribution in [3.05, 3.63) is 59.7 Å². The van der Waals surface area contributed by atoms with E-state index in [1.165, 1.54) is 0 Å². The highest BCUT2D eigenvalue weighted by Crippen LogP contribution is 2.03. The van der Waals surface area contributed by atoms with Crippen molar-refractivity contribution in [2.75, 3.05) is 0 Å². The number of carbonyl (C=O) groups excluding carboxylic acids is 1. The predicted octanol–water partition coefficient (Wildman–Crippen LogP) is 0.975. The maximum absolute atomic E-state index is 11.1. The van der Waals surface area contributed by atoms with E-state index >= 15 is 0 Å². The number of nitrogens with zero attached hydrogens (tertiary/aromatic N) is 2. The molecule has 0 aromatic carbocycles. The standard InChI is InChI=1S/C13H9N3O/c14-13(17)11-4-2-8-16-12(11)6-5-10-3-1-7-15-9-10/h1-4,7-9H,(H2,14,17). The first-order valence-corrected chi connectivity index (χ1v) is 4.94. The zero-order valence-corrected chi connectivity index (χ0v) is 8.92. The van der Waals surface area contributed by atoms with Crippen LogP contribution < -0.4 is 5.73 Å². The van der Waals surface area contributed by atoms with Crippen LogP contribution in [0.3, 0.4) is 0 Å². The molecule has 2 rings (SSSR count). The van der Waals surface area contributed by atoms with Crippen LogP contribution in [0.25, 0.3) is 0 Å². The van der Waals surface area contributed by atoms with Crippen LogP contribution in [0.15, 0.2) is 42.9 Å². The van der Waals surface area contributed by atoms with Crippen molar-refractivity contribution in [1.29, 1.82) is 0 Å². The molecule has 2 aromatic rings. The Hall–Kier alpha value is -2.67. The number of hydrogen-bond donors (Lipinski definition) is 1. The number of hydrogen-bond acceptors (Lipinski definition) is 3. The van der Waals surface area contributed by atoms with Gasteiger partial charge >= 0.3 is 0 Å². The second-order valence-corrected chi connectivity index (χ2v) is 3.26.